The van der Waals surface area contributed by atoms with Gasteiger partial charge in [-0.25, -0.2) is 0 Å². The van der Waals surface area contributed by atoms with Crippen molar-refractivity contribution in [3.63, 3.8) is 0 Å². The van der Waals surface area contributed by atoms with E-state index in [4.69, 9.17) is 22.3 Å². The van der Waals surface area contributed by atoms with Gasteiger partial charge < -0.3 is 32.9 Å². The minimum atomic E-state index is -1.32. The van der Waals surface area contributed by atoms with E-state index in [-0.39, 0.29) is 18.8 Å². The molecule has 0 spiro atoms. The van der Waals surface area contributed by atoms with Gasteiger partial charge in [0.1, 0.15) is 12.1 Å². The molecule has 0 saturated heterocycles. The van der Waals surface area contributed by atoms with Crippen LogP contribution in [0.4, 0.5) is 0 Å². The number of carboxylic acid groups (broad SMARTS) is 1. The number of hydrogen-bond acceptors (Lipinski definition) is 7. The first-order valence-corrected chi connectivity index (χ1v) is 6.58. The molecule has 0 aromatic rings. The second kappa shape index (κ2) is 9.53. The lowest BCUT2D eigenvalue weighted by atomic mass is 10.2. The van der Waals surface area contributed by atoms with Gasteiger partial charge in [-0.05, 0) is 0 Å². The summed E-state index contributed by atoms with van der Waals surface area (Å²) in [4.78, 5) is 33.9. The molecule has 0 unspecified atom stereocenters. The molecule has 2 atom stereocenters. The van der Waals surface area contributed by atoms with Gasteiger partial charge in [-0.2, -0.15) is 12.6 Å². The molecule has 0 fully saturated rings. The fraction of sp³-hybridized carbons (Fsp3) is 0.700. The van der Waals surface area contributed by atoms with Crippen LogP contribution < -0.4 is 27.8 Å². The van der Waals surface area contributed by atoms with Crippen LogP contribution in [-0.2, 0) is 14.4 Å². The number of aliphatic carboxylic acids is 1. The summed E-state index contributed by atoms with van der Waals surface area (Å²) in [6.07, 6.45) is -0.426. The molecule has 116 valence electrons. The van der Waals surface area contributed by atoms with Gasteiger partial charge in [0.05, 0.1) is 12.5 Å². The fourth-order valence-corrected chi connectivity index (χ4v) is 1.51. The standard InChI is InChI=1S/C10H21N5O4S/c11-2-5(3-12)14-9(17)7(4-20)15-8(16)1-6(13)10(18)19/h5-7,20H,1-4,11-13H2,(H,14,17)(H,15,16)(H,18,19)/t6-,7-/m0/s1. The molecule has 0 aliphatic rings. The third-order valence-corrected chi connectivity index (χ3v) is 2.84. The molecular weight excluding hydrogens is 286 g/mol. The van der Waals surface area contributed by atoms with Crippen LogP contribution in [0.2, 0.25) is 0 Å². The van der Waals surface area contributed by atoms with Crippen LogP contribution in [0.5, 0.6) is 0 Å². The van der Waals surface area contributed by atoms with Gasteiger partial charge in [0.25, 0.3) is 0 Å². The van der Waals surface area contributed by atoms with E-state index in [1.165, 1.54) is 0 Å². The van der Waals surface area contributed by atoms with Crippen molar-refractivity contribution < 1.29 is 19.5 Å². The molecule has 0 bridgehead atoms. The average molecular weight is 307 g/mol. The summed E-state index contributed by atoms with van der Waals surface area (Å²) in [7, 11) is 0. The SMILES string of the molecule is NCC(CN)NC(=O)[C@H](CS)NC(=O)C[C@H](N)C(=O)O. The van der Waals surface area contributed by atoms with E-state index >= 15 is 0 Å². The Balaban J connectivity index is 4.42. The Labute approximate surface area is 122 Å². The van der Waals surface area contributed by atoms with Gasteiger partial charge >= 0.3 is 5.97 Å². The lowest BCUT2D eigenvalue weighted by Gasteiger charge is -2.21. The summed E-state index contributed by atoms with van der Waals surface area (Å²) < 4.78 is 0. The number of nitrogens with two attached hydrogens (primary N) is 3. The van der Waals surface area contributed by atoms with E-state index < -0.39 is 42.3 Å². The predicted molar refractivity (Wildman–Crippen MR) is 76.1 cm³/mol. The molecule has 2 amide bonds. The van der Waals surface area contributed by atoms with Gasteiger partial charge in [0.2, 0.25) is 11.8 Å². The van der Waals surface area contributed by atoms with E-state index in [0.29, 0.717) is 0 Å². The van der Waals surface area contributed by atoms with Crippen molar-refractivity contribution in [2.75, 3.05) is 18.8 Å². The Kier molecular flexibility index (Phi) is 8.88. The highest BCUT2D eigenvalue weighted by atomic mass is 32.1. The Bertz CT molecular complexity index is 351. The quantitative estimate of drug-likeness (QED) is 0.217. The zero-order chi connectivity index (χ0) is 15.7. The highest BCUT2D eigenvalue weighted by Gasteiger charge is 2.23. The number of carbonyl (C=O) groups excluding carboxylic acids is 2. The van der Waals surface area contributed by atoms with Crippen molar-refractivity contribution in [1.82, 2.24) is 10.6 Å². The summed E-state index contributed by atoms with van der Waals surface area (Å²) in [6.45, 7) is 0.332. The van der Waals surface area contributed by atoms with Gasteiger partial charge in [0.15, 0.2) is 0 Å². The van der Waals surface area contributed by atoms with Crippen LogP contribution in [-0.4, -0.2) is 59.9 Å². The first-order valence-electron chi connectivity index (χ1n) is 5.94. The second-order valence-electron chi connectivity index (χ2n) is 4.13. The summed E-state index contributed by atoms with van der Waals surface area (Å²) in [5, 5.41) is 13.5. The van der Waals surface area contributed by atoms with Crippen LogP contribution in [0.25, 0.3) is 0 Å². The smallest absolute Gasteiger partial charge is 0.321 e. The van der Waals surface area contributed by atoms with E-state index in [0.717, 1.165) is 0 Å². The Morgan fingerprint density at radius 3 is 2.10 bits per heavy atom. The van der Waals surface area contributed by atoms with Crippen molar-refractivity contribution in [3.8, 4) is 0 Å². The van der Waals surface area contributed by atoms with Crippen LogP contribution in [0, 0.1) is 0 Å². The van der Waals surface area contributed by atoms with Gasteiger partial charge in [-0.3, -0.25) is 14.4 Å². The van der Waals surface area contributed by atoms with E-state index in [2.05, 4.69) is 23.3 Å². The topological polar surface area (TPSA) is 174 Å². The molecule has 9 N–H and O–H groups in total. The number of carboxylic acids is 1. The molecule has 0 heterocycles. The number of hydrogen-bond donors (Lipinski definition) is 7. The lowest BCUT2D eigenvalue weighted by Crippen LogP contribution is -2.54. The van der Waals surface area contributed by atoms with Gasteiger partial charge in [-0.1, -0.05) is 0 Å². The summed E-state index contributed by atoms with van der Waals surface area (Å²) >= 11 is 3.96. The van der Waals surface area contributed by atoms with E-state index in [1.807, 2.05) is 0 Å². The average Bonchev–Trinajstić information content (AvgIpc) is 2.41. The maximum atomic E-state index is 11.8. The Morgan fingerprint density at radius 1 is 1.15 bits per heavy atom. The van der Waals surface area contributed by atoms with Crippen LogP contribution in [0.3, 0.4) is 0 Å². The number of thiol groups is 1. The lowest BCUT2D eigenvalue weighted by molar-refractivity contribution is -0.140. The molecule has 20 heavy (non-hydrogen) atoms. The highest BCUT2D eigenvalue weighted by Crippen LogP contribution is 1.94. The molecular formula is C10H21N5O4S. The monoisotopic (exact) mass is 307 g/mol. The molecule has 0 rings (SSSR count). The van der Waals surface area contributed by atoms with Crippen LogP contribution in [0.15, 0.2) is 0 Å². The molecule has 0 aliphatic carbocycles. The van der Waals surface area contributed by atoms with Gasteiger partial charge in [0, 0.05) is 18.8 Å². The maximum Gasteiger partial charge on any atom is 0.321 e. The van der Waals surface area contributed by atoms with Crippen molar-refractivity contribution in [2.45, 2.75) is 24.5 Å². The second-order valence-corrected chi connectivity index (χ2v) is 4.49. The predicted octanol–water partition coefficient (Wildman–Crippen LogP) is -3.39. The molecule has 0 aliphatic heterocycles. The van der Waals surface area contributed by atoms with Crippen LogP contribution >= 0.6 is 12.6 Å². The zero-order valence-corrected chi connectivity index (χ0v) is 11.8. The zero-order valence-electron chi connectivity index (χ0n) is 10.9. The van der Waals surface area contributed by atoms with E-state index in [1.54, 1.807) is 0 Å². The summed E-state index contributed by atoms with van der Waals surface area (Å²) in [5.41, 5.74) is 16.0. The van der Waals surface area contributed by atoms with Crippen molar-refractivity contribution >= 4 is 30.4 Å². The number of rotatable bonds is 9. The first kappa shape index (κ1) is 18.6. The van der Waals surface area contributed by atoms with Gasteiger partial charge in [-0.15, -0.1) is 0 Å². The molecule has 10 heteroatoms. The third kappa shape index (κ3) is 6.70. The molecule has 0 aromatic heterocycles. The molecule has 9 nitrogen and oxygen atoms in total. The normalized spacial score (nSPS) is 13.7. The first-order chi connectivity index (χ1) is 9.35. The number of amides is 2. The summed E-state index contributed by atoms with van der Waals surface area (Å²) in [5.74, 6) is -2.38. The Morgan fingerprint density at radius 2 is 1.70 bits per heavy atom. The minimum absolute atomic E-state index is 0.0434. The molecule has 0 radical (unpaired) electrons. The third-order valence-electron chi connectivity index (χ3n) is 2.47. The van der Waals surface area contributed by atoms with E-state index in [9.17, 15) is 14.4 Å². The number of carbonyl (C=O) groups is 3. The molecule has 0 aromatic carbocycles. The highest BCUT2D eigenvalue weighted by molar-refractivity contribution is 7.80. The Hall–Kier alpha value is -1.36. The van der Waals surface area contributed by atoms with Crippen molar-refractivity contribution in [1.29, 1.82) is 0 Å². The largest absolute Gasteiger partial charge is 0.480 e. The maximum absolute atomic E-state index is 11.8. The minimum Gasteiger partial charge on any atom is -0.480 e. The summed E-state index contributed by atoms with van der Waals surface area (Å²) in [6, 6.07) is -2.63. The molecule has 0 saturated carbocycles. The van der Waals surface area contributed by atoms with Crippen molar-refractivity contribution in [3.05, 3.63) is 0 Å². The fourth-order valence-electron chi connectivity index (χ4n) is 1.25. The van der Waals surface area contributed by atoms with Crippen LogP contribution in [0.1, 0.15) is 6.42 Å². The number of nitrogens with one attached hydrogen (secondary N) is 2. The van der Waals surface area contributed by atoms with Crippen molar-refractivity contribution in [2.24, 2.45) is 17.2 Å².